The highest BCUT2D eigenvalue weighted by Crippen LogP contribution is 2.34. The van der Waals surface area contributed by atoms with E-state index in [4.69, 9.17) is 37.4 Å². The normalized spacial score (nSPS) is 15.4. The van der Waals surface area contributed by atoms with Crippen molar-refractivity contribution >= 4 is 58.1 Å². The maximum Gasteiger partial charge on any atom is 0.293 e. The summed E-state index contributed by atoms with van der Waals surface area (Å²) in [6, 6.07) is 9.86. The number of rotatable bonds is 9. The predicted octanol–water partition coefficient (Wildman–Crippen LogP) is 4.63. The number of halogens is 2. The van der Waals surface area contributed by atoms with Crippen LogP contribution >= 0.6 is 35.0 Å². The minimum absolute atomic E-state index is 0.0219. The molecule has 3 amide bonds. The van der Waals surface area contributed by atoms with Gasteiger partial charge in [-0.2, -0.15) is 0 Å². The fraction of sp³-hybridized carbons (Fsp3) is 0.261. The lowest BCUT2D eigenvalue weighted by molar-refractivity contribution is -0.128. The molecular formula is C23H22Cl2N2O6S. The van der Waals surface area contributed by atoms with E-state index in [1.807, 2.05) is 0 Å². The van der Waals surface area contributed by atoms with Crippen molar-refractivity contribution in [3.8, 4) is 17.2 Å². The van der Waals surface area contributed by atoms with Crippen LogP contribution in [0.15, 0.2) is 41.3 Å². The van der Waals surface area contributed by atoms with Crippen LogP contribution in [0.3, 0.4) is 0 Å². The van der Waals surface area contributed by atoms with Gasteiger partial charge in [-0.15, -0.1) is 0 Å². The summed E-state index contributed by atoms with van der Waals surface area (Å²) in [7, 11) is 3.04. The number of carbonyl (C=O) groups excluding carboxylic acids is 3. The van der Waals surface area contributed by atoms with Crippen LogP contribution in [0.4, 0.5) is 4.79 Å². The lowest BCUT2D eigenvalue weighted by Crippen LogP contribution is -2.41. The third-order valence-corrected chi connectivity index (χ3v) is 6.22. The first kappa shape index (κ1) is 25.7. The van der Waals surface area contributed by atoms with Crippen molar-refractivity contribution in [1.82, 2.24) is 10.2 Å². The van der Waals surface area contributed by atoms with E-state index in [2.05, 4.69) is 5.32 Å². The van der Waals surface area contributed by atoms with E-state index in [9.17, 15) is 14.4 Å². The molecule has 1 atom stereocenters. The Morgan fingerprint density at radius 1 is 1.09 bits per heavy atom. The minimum Gasteiger partial charge on any atom is -0.493 e. The molecule has 2 aromatic rings. The van der Waals surface area contributed by atoms with Crippen LogP contribution in [0.2, 0.25) is 10.0 Å². The summed E-state index contributed by atoms with van der Waals surface area (Å²) in [6.07, 6.45) is 0.760. The molecule has 1 aliphatic rings. The zero-order valence-electron chi connectivity index (χ0n) is 18.6. The number of thioether (sulfide) groups is 1. The van der Waals surface area contributed by atoms with Gasteiger partial charge in [0.1, 0.15) is 5.75 Å². The maximum atomic E-state index is 12.7. The summed E-state index contributed by atoms with van der Waals surface area (Å²) in [5.74, 6) is 0.532. The third-order valence-electron chi connectivity index (χ3n) is 4.78. The smallest absolute Gasteiger partial charge is 0.293 e. The standard InChI is InChI=1S/C23H22Cl2N2O6S/c1-13(33-17-7-5-15(24)12-16(17)25)21(28)26-8-9-27-22(29)20(34-23(27)30)11-14-4-6-18(31-2)19(10-14)32-3/h4-7,10-13H,8-9H2,1-3H3,(H,26,28). The molecule has 1 saturated heterocycles. The van der Waals surface area contributed by atoms with E-state index in [1.54, 1.807) is 43.3 Å². The molecule has 1 N–H and O–H groups in total. The number of methoxy groups -OCH3 is 2. The van der Waals surface area contributed by atoms with Crippen molar-refractivity contribution in [2.75, 3.05) is 27.3 Å². The summed E-state index contributed by atoms with van der Waals surface area (Å²) in [6.45, 7) is 1.66. The van der Waals surface area contributed by atoms with Gasteiger partial charge in [-0.1, -0.05) is 29.3 Å². The highest BCUT2D eigenvalue weighted by atomic mass is 35.5. The molecule has 1 unspecified atom stereocenters. The zero-order chi connectivity index (χ0) is 24.8. The molecule has 34 heavy (non-hydrogen) atoms. The topological polar surface area (TPSA) is 94.2 Å². The Balaban J connectivity index is 1.56. The van der Waals surface area contributed by atoms with Gasteiger partial charge in [0, 0.05) is 18.1 Å². The molecule has 180 valence electrons. The molecule has 0 spiro atoms. The van der Waals surface area contributed by atoms with Crippen LogP contribution in [0, 0.1) is 0 Å². The molecule has 2 aromatic carbocycles. The average molecular weight is 525 g/mol. The summed E-state index contributed by atoms with van der Waals surface area (Å²) < 4.78 is 16.0. The van der Waals surface area contributed by atoms with Crippen molar-refractivity contribution in [3.63, 3.8) is 0 Å². The maximum absolute atomic E-state index is 12.7. The van der Waals surface area contributed by atoms with Gasteiger partial charge >= 0.3 is 0 Å². The Labute approximate surface area is 211 Å². The van der Waals surface area contributed by atoms with Gasteiger partial charge in [0.2, 0.25) is 0 Å². The molecule has 11 heteroatoms. The number of nitrogens with one attached hydrogen (secondary N) is 1. The quantitative estimate of drug-likeness (QED) is 0.477. The summed E-state index contributed by atoms with van der Waals surface area (Å²) >= 11 is 12.8. The predicted molar refractivity (Wildman–Crippen MR) is 132 cm³/mol. The van der Waals surface area contributed by atoms with Crippen LogP contribution in [-0.2, 0) is 9.59 Å². The van der Waals surface area contributed by atoms with E-state index in [1.165, 1.54) is 20.3 Å². The molecule has 0 bridgehead atoms. The largest absolute Gasteiger partial charge is 0.493 e. The molecule has 1 fully saturated rings. The Morgan fingerprint density at radius 3 is 2.47 bits per heavy atom. The highest BCUT2D eigenvalue weighted by molar-refractivity contribution is 8.18. The van der Waals surface area contributed by atoms with E-state index in [0.29, 0.717) is 27.8 Å². The molecule has 0 aliphatic carbocycles. The molecule has 8 nitrogen and oxygen atoms in total. The second-order valence-electron chi connectivity index (χ2n) is 7.07. The van der Waals surface area contributed by atoms with Crippen LogP contribution in [0.25, 0.3) is 6.08 Å². The number of imide groups is 1. The van der Waals surface area contributed by atoms with E-state index in [-0.39, 0.29) is 23.0 Å². The van der Waals surface area contributed by atoms with Gasteiger partial charge in [-0.3, -0.25) is 19.3 Å². The number of amides is 3. The zero-order valence-corrected chi connectivity index (χ0v) is 20.9. The Morgan fingerprint density at radius 2 is 1.79 bits per heavy atom. The highest BCUT2D eigenvalue weighted by Gasteiger charge is 2.34. The number of nitrogens with zero attached hydrogens (tertiary/aromatic N) is 1. The van der Waals surface area contributed by atoms with Crippen LogP contribution in [-0.4, -0.2) is 55.4 Å². The number of benzene rings is 2. The fourth-order valence-electron chi connectivity index (χ4n) is 3.04. The van der Waals surface area contributed by atoms with Gasteiger partial charge in [-0.05, 0) is 60.7 Å². The average Bonchev–Trinajstić information content (AvgIpc) is 3.07. The van der Waals surface area contributed by atoms with Gasteiger partial charge in [0.05, 0.1) is 24.1 Å². The Bertz CT molecular complexity index is 1140. The van der Waals surface area contributed by atoms with Crippen molar-refractivity contribution in [2.24, 2.45) is 0 Å². The van der Waals surface area contributed by atoms with Gasteiger partial charge in [0.25, 0.3) is 17.1 Å². The first-order chi connectivity index (χ1) is 16.2. The minimum atomic E-state index is -0.849. The summed E-state index contributed by atoms with van der Waals surface area (Å²) in [4.78, 5) is 38.8. The second kappa shape index (κ2) is 11.5. The summed E-state index contributed by atoms with van der Waals surface area (Å²) in [5.41, 5.74) is 0.684. The van der Waals surface area contributed by atoms with Gasteiger partial charge in [-0.25, -0.2) is 0 Å². The van der Waals surface area contributed by atoms with E-state index in [0.717, 1.165) is 16.7 Å². The molecule has 3 rings (SSSR count). The number of carbonyl (C=O) groups is 3. The molecule has 0 radical (unpaired) electrons. The second-order valence-corrected chi connectivity index (χ2v) is 8.91. The van der Waals surface area contributed by atoms with Crippen LogP contribution in [0.5, 0.6) is 17.2 Å². The lowest BCUT2D eigenvalue weighted by atomic mass is 10.2. The van der Waals surface area contributed by atoms with Crippen LogP contribution < -0.4 is 19.5 Å². The van der Waals surface area contributed by atoms with E-state index >= 15 is 0 Å². The first-order valence-electron chi connectivity index (χ1n) is 10.1. The number of hydrogen-bond acceptors (Lipinski definition) is 7. The molecular weight excluding hydrogens is 503 g/mol. The van der Waals surface area contributed by atoms with Crippen LogP contribution in [0.1, 0.15) is 12.5 Å². The molecule has 0 saturated carbocycles. The molecule has 1 aliphatic heterocycles. The van der Waals surface area contributed by atoms with Crippen molar-refractivity contribution in [3.05, 3.63) is 56.9 Å². The van der Waals surface area contributed by atoms with Crippen molar-refractivity contribution in [2.45, 2.75) is 13.0 Å². The van der Waals surface area contributed by atoms with Gasteiger partial charge < -0.3 is 19.5 Å². The number of ether oxygens (including phenoxy) is 3. The first-order valence-corrected chi connectivity index (χ1v) is 11.7. The fourth-order valence-corrected chi connectivity index (χ4v) is 4.35. The lowest BCUT2D eigenvalue weighted by Gasteiger charge is -2.17. The number of hydrogen-bond donors (Lipinski definition) is 1. The third kappa shape index (κ3) is 6.16. The molecule has 0 aromatic heterocycles. The van der Waals surface area contributed by atoms with Crippen molar-refractivity contribution < 1.29 is 28.6 Å². The Kier molecular flexibility index (Phi) is 8.71. The summed E-state index contributed by atoms with van der Waals surface area (Å²) in [5, 5.41) is 2.98. The SMILES string of the molecule is COc1ccc(C=C2SC(=O)N(CCNC(=O)C(C)Oc3ccc(Cl)cc3Cl)C2=O)cc1OC. The van der Waals surface area contributed by atoms with Crippen molar-refractivity contribution in [1.29, 1.82) is 0 Å². The molecule has 1 heterocycles. The van der Waals surface area contributed by atoms with Gasteiger partial charge in [0.15, 0.2) is 17.6 Å². The van der Waals surface area contributed by atoms with E-state index < -0.39 is 23.2 Å². The Hall–Kier alpha value is -2.88. The monoisotopic (exact) mass is 524 g/mol.